The topological polar surface area (TPSA) is 38.3 Å². The number of carbonyl (C=O) groups excluding carboxylic acids is 1. The molecule has 0 aromatic heterocycles. The van der Waals surface area contributed by atoms with Crippen molar-refractivity contribution in [2.24, 2.45) is 5.92 Å². The molecule has 1 fully saturated rings. The van der Waals surface area contributed by atoms with Gasteiger partial charge in [0.15, 0.2) is 0 Å². The second-order valence-corrected chi connectivity index (χ2v) is 4.69. The van der Waals surface area contributed by atoms with Crippen LogP contribution >= 0.6 is 0 Å². The predicted octanol–water partition coefficient (Wildman–Crippen LogP) is 2.50. The van der Waals surface area contributed by atoms with Crippen molar-refractivity contribution in [3.8, 4) is 0 Å². The summed E-state index contributed by atoms with van der Waals surface area (Å²) in [6.07, 6.45) is 8.61. The molecule has 1 rings (SSSR count). The van der Waals surface area contributed by atoms with E-state index < -0.39 is 0 Å². The van der Waals surface area contributed by atoms with Crippen LogP contribution in [0.3, 0.4) is 0 Å². The summed E-state index contributed by atoms with van der Waals surface area (Å²) < 4.78 is 5.86. The summed E-state index contributed by atoms with van der Waals surface area (Å²) in [7, 11) is 1.70. The van der Waals surface area contributed by atoms with Crippen molar-refractivity contribution in [1.29, 1.82) is 0 Å². The summed E-state index contributed by atoms with van der Waals surface area (Å²) in [6.45, 7) is 2.70. The van der Waals surface area contributed by atoms with Crippen LogP contribution in [0.15, 0.2) is 0 Å². The minimum absolute atomic E-state index is 0.0388. The van der Waals surface area contributed by atoms with Gasteiger partial charge in [0.2, 0.25) is 5.91 Å². The lowest BCUT2D eigenvalue weighted by atomic mass is 9.97. The monoisotopic (exact) mass is 227 g/mol. The summed E-state index contributed by atoms with van der Waals surface area (Å²) in [6, 6.07) is 0. The molecule has 0 spiro atoms. The Kier molecular flexibility index (Phi) is 6.46. The zero-order valence-electron chi connectivity index (χ0n) is 10.6. The fourth-order valence-corrected chi connectivity index (χ4v) is 2.33. The molecule has 94 valence electrons. The number of rotatable bonds is 6. The number of nitrogens with one attached hydrogen (secondary N) is 1. The standard InChI is InChI=1S/C13H25NO2/c1-3-7-11(13(15)14-2)10-16-12-8-5-4-6-9-12/h11-12H,3-10H2,1-2H3,(H,14,15). The Balaban J connectivity index is 2.27. The second-order valence-electron chi connectivity index (χ2n) is 4.69. The van der Waals surface area contributed by atoms with Gasteiger partial charge in [-0.25, -0.2) is 0 Å². The average Bonchev–Trinajstić information content (AvgIpc) is 2.34. The quantitative estimate of drug-likeness (QED) is 0.757. The first-order valence-corrected chi connectivity index (χ1v) is 6.61. The first-order valence-electron chi connectivity index (χ1n) is 6.61. The van der Waals surface area contributed by atoms with Crippen molar-refractivity contribution >= 4 is 5.91 Å². The van der Waals surface area contributed by atoms with Crippen molar-refractivity contribution in [3.63, 3.8) is 0 Å². The molecule has 1 unspecified atom stereocenters. The van der Waals surface area contributed by atoms with E-state index in [9.17, 15) is 4.79 Å². The highest BCUT2D eigenvalue weighted by Gasteiger charge is 2.20. The molecule has 0 radical (unpaired) electrons. The number of ether oxygens (including phenoxy) is 1. The molecule has 16 heavy (non-hydrogen) atoms. The van der Waals surface area contributed by atoms with Gasteiger partial charge in [0.25, 0.3) is 0 Å². The van der Waals surface area contributed by atoms with Crippen molar-refractivity contribution in [3.05, 3.63) is 0 Å². The summed E-state index contributed by atoms with van der Waals surface area (Å²) in [5.41, 5.74) is 0. The zero-order chi connectivity index (χ0) is 11.8. The first-order chi connectivity index (χ1) is 7.77. The maximum atomic E-state index is 11.6. The molecule has 0 aromatic rings. The fraction of sp³-hybridized carbons (Fsp3) is 0.923. The van der Waals surface area contributed by atoms with E-state index >= 15 is 0 Å². The van der Waals surface area contributed by atoms with E-state index in [1.807, 2.05) is 0 Å². The SMILES string of the molecule is CCCC(COC1CCCCC1)C(=O)NC. The van der Waals surface area contributed by atoms with Crippen molar-refractivity contribution in [1.82, 2.24) is 5.32 Å². The van der Waals surface area contributed by atoms with Gasteiger partial charge in [0.05, 0.1) is 18.6 Å². The van der Waals surface area contributed by atoms with Crippen molar-refractivity contribution in [2.45, 2.75) is 58.0 Å². The molecule has 1 atom stereocenters. The van der Waals surface area contributed by atoms with Gasteiger partial charge in [-0.3, -0.25) is 4.79 Å². The lowest BCUT2D eigenvalue weighted by molar-refractivity contribution is -0.128. The highest BCUT2D eigenvalue weighted by atomic mass is 16.5. The molecule has 1 saturated carbocycles. The largest absolute Gasteiger partial charge is 0.377 e. The lowest BCUT2D eigenvalue weighted by Gasteiger charge is -2.24. The molecule has 0 aliphatic heterocycles. The Labute approximate surface area is 98.9 Å². The molecule has 3 heteroatoms. The van der Waals surface area contributed by atoms with E-state index in [2.05, 4.69) is 12.2 Å². The molecule has 0 heterocycles. The minimum Gasteiger partial charge on any atom is -0.377 e. The fourth-order valence-electron chi connectivity index (χ4n) is 2.33. The van der Waals surface area contributed by atoms with Gasteiger partial charge >= 0.3 is 0 Å². The van der Waals surface area contributed by atoms with Gasteiger partial charge in [-0.05, 0) is 19.3 Å². The van der Waals surface area contributed by atoms with Gasteiger partial charge in [-0.15, -0.1) is 0 Å². The van der Waals surface area contributed by atoms with Crippen LogP contribution in [0.5, 0.6) is 0 Å². The van der Waals surface area contributed by atoms with Crippen LogP contribution in [0.2, 0.25) is 0 Å². The van der Waals surface area contributed by atoms with Crippen LogP contribution < -0.4 is 5.32 Å². The van der Waals surface area contributed by atoms with Gasteiger partial charge in [0, 0.05) is 7.05 Å². The van der Waals surface area contributed by atoms with Gasteiger partial charge in [0.1, 0.15) is 0 Å². The van der Waals surface area contributed by atoms with Crippen molar-refractivity contribution < 1.29 is 9.53 Å². The van der Waals surface area contributed by atoms with Crippen LogP contribution in [-0.2, 0) is 9.53 Å². The Morgan fingerprint density at radius 1 is 1.38 bits per heavy atom. The normalized spacial score (nSPS) is 19.4. The highest BCUT2D eigenvalue weighted by molar-refractivity contribution is 5.78. The Bertz CT molecular complexity index is 200. The third-order valence-electron chi connectivity index (χ3n) is 3.34. The molecular weight excluding hydrogens is 202 g/mol. The summed E-state index contributed by atoms with van der Waals surface area (Å²) in [4.78, 5) is 11.6. The molecule has 1 aliphatic carbocycles. The van der Waals surface area contributed by atoms with Crippen LogP contribution in [0.25, 0.3) is 0 Å². The van der Waals surface area contributed by atoms with E-state index in [-0.39, 0.29) is 11.8 Å². The number of hydrogen-bond acceptors (Lipinski definition) is 2. The van der Waals surface area contributed by atoms with E-state index in [0.717, 1.165) is 12.8 Å². The predicted molar refractivity (Wildman–Crippen MR) is 65.3 cm³/mol. The molecular formula is C13H25NO2. The summed E-state index contributed by atoms with van der Waals surface area (Å²) >= 11 is 0. The van der Waals surface area contributed by atoms with Crippen LogP contribution in [0, 0.1) is 5.92 Å². The summed E-state index contributed by atoms with van der Waals surface area (Å²) in [5.74, 6) is 0.162. The van der Waals surface area contributed by atoms with Gasteiger partial charge in [-0.1, -0.05) is 32.6 Å². The Morgan fingerprint density at radius 2 is 2.06 bits per heavy atom. The second kappa shape index (κ2) is 7.66. The van der Waals surface area contributed by atoms with E-state index in [4.69, 9.17) is 4.74 Å². The van der Waals surface area contributed by atoms with E-state index in [1.54, 1.807) is 7.05 Å². The van der Waals surface area contributed by atoms with Gasteiger partial charge < -0.3 is 10.1 Å². The Morgan fingerprint density at radius 3 is 2.62 bits per heavy atom. The Hall–Kier alpha value is -0.570. The number of hydrogen-bond donors (Lipinski definition) is 1. The molecule has 3 nitrogen and oxygen atoms in total. The van der Waals surface area contributed by atoms with Gasteiger partial charge in [-0.2, -0.15) is 0 Å². The average molecular weight is 227 g/mol. The lowest BCUT2D eigenvalue weighted by Crippen LogP contribution is -2.32. The van der Waals surface area contributed by atoms with Crippen LogP contribution in [-0.4, -0.2) is 25.7 Å². The van der Waals surface area contributed by atoms with E-state index in [1.165, 1.54) is 32.1 Å². The summed E-state index contributed by atoms with van der Waals surface area (Å²) in [5, 5.41) is 2.72. The van der Waals surface area contributed by atoms with Crippen LogP contribution in [0.1, 0.15) is 51.9 Å². The molecule has 0 bridgehead atoms. The number of amides is 1. The molecule has 1 N–H and O–H groups in total. The van der Waals surface area contributed by atoms with Crippen LogP contribution in [0.4, 0.5) is 0 Å². The maximum Gasteiger partial charge on any atom is 0.225 e. The first kappa shape index (κ1) is 13.5. The molecule has 0 aromatic carbocycles. The molecule has 1 aliphatic rings. The molecule has 1 amide bonds. The zero-order valence-corrected chi connectivity index (χ0v) is 10.6. The maximum absolute atomic E-state index is 11.6. The third-order valence-corrected chi connectivity index (χ3v) is 3.34. The highest BCUT2D eigenvalue weighted by Crippen LogP contribution is 2.21. The molecule has 0 saturated heterocycles. The number of carbonyl (C=O) groups is 1. The smallest absolute Gasteiger partial charge is 0.225 e. The third kappa shape index (κ3) is 4.52. The van der Waals surface area contributed by atoms with Crippen molar-refractivity contribution in [2.75, 3.05) is 13.7 Å². The minimum atomic E-state index is 0.0388. The van der Waals surface area contributed by atoms with E-state index in [0.29, 0.717) is 12.7 Å².